The van der Waals surface area contributed by atoms with Crippen LogP contribution in [0, 0.1) is 5.92 Å². The van der Waals surface area contributed by atoms with Gasteiger partial charge in [0.1, 0.15) is 0 Å². The minimum absolute atomic E-state index is 0.0519. The van der Waals surface area contributed by atoms with Crippen molar-refractivity contribution >= 4 is 5.91 Å². The van der Waals surface area contributed by atoms with Crippen molar-refractivity contribution in [2.45, 2.75) is 38.0 Å². The summed E-state index contributed by atoms with van der Waals surface area (Å²) in [5.41, 5.74) is 5.36. The zero-order valence-electron chi connectivity index (χ0n) is 9.72. The molecule has 5 heteroatoms. The summed E-state index contributed by atoms with van der Waals surface area (Å²) in [5.74, 6) is -0.263. The van der Waals surface area contributed by atoms with Gasteiger partial charge in [-0.2, -0.15) is 0 Å². The van der Waals surface area contributed by atoms with Crippen LogP contribution in [0.3, 0.4) is 0 Å². The topological polar surface area (TPSA) is 78.6 Å². The average Bonchev–Trinajstić information content (AvgIpc) is 2.65. The van der Waals surface area contributed by atoms with Crippen LogP contribution >= 0.6 is 0 Å². The van der Waals surface area contributed by atoms with E-state index in [4.69, 9.17) is 5.73 Å². The highest BCUT2D eigenvalue weighted by Gasteiger charge is 2.37. The van der Waals surface area contributed by atoms with Crippen molar-refractivity contribution in [3.05, 3.63) is 0 Å². The molecule has 0 radical (unpaired) electrons. The molecule has 2 rings (SSSR count). The number of nitrogens with two attached hydrogens (primary N) is 1. The van der Waals surface area contributed by atoms with E-state index in [1.54, 1.807) is 0 Å². The van der Waals surface area contributed by atoms with Gasteiger partial charge in [0, 0.05) is 31.7 Å². The normalized spacial score (nSPS) is 41.1. The third-order valence-corrected chi connectivity index (χ3v) is 3.91. The summed E-state index contributed by atoms with van der Waals surface area (Å²) in [6, 6.07) is 0.562. The molecular formula is C11H21N3O2. The lowest BCUT2D eigenvalue weighted by molar-refractivity contribution is -0.124. The Morgan fingerprint density at radius 1 is 1.44 bits per heavy atom. The molecule has 5 nitrogen and oxygen atoms in total. The van der Waals surface area contributed by atoms with Crippen LogP contribution in [0.4, 0.5) is 0 Å². The molecule has 0 bridgehead atoms. The molecule has 0 spiro atoms. The lowest BCUT2D eigenvalue weighted by Gasteiger charge is -2.41. The number of likely N-dealkylation sites (tertiary alicyclic amines) is 1. The first-order valence-electron chi connectivity index (χ1n) is 6.03. The molecule has 4 unspecified atom stereocenters. The quantitative estimate of drug-likeness (QED) is 0.560. The Labute approximate surface area is 96.0 Å². The zero-order valence-corrected chi connectivity index (χ0v) is 9.72. The van der Waals surface area contributed by atoms with Crippen LogP contribution in [0.5, 0.6) is 0 Å². The van der Waals surface area contributed by atoms with Gasteiger partial charge in [-0.25, -0.2) is 0 Å². The van der Waals surface area contributed by atoms with E-state index < -0.39 is 0 Å². The lowest BCUT2D eigenvalue weighted by Crippen LogP contribution is -2.54. The van der Waals surface area contributed by atoms with Gasteiger partial charge >= 0.3 is 0 Å². The van der Waals surface area contributed by atoms with E-state index in [1.165, 1.54) is 0 Å². The van der Waals surface area contributed by atoms with Crippen molar-refractivity contribution < 1.29 is 9.90 Å². The Bertz CT molecular complexity index is 272. The molecule has 0 aliphatic carbocycles. The number of primary amides is 1. The summed E-state index contributed by atoms with van der Waals surface area (Å²) in [6.07, 6.45) is 1.54. The number of nitrogens with one attached hydrogen (secondary N) is 1. The average molecular weight is 227 g/mol. The molecule has 2 saturated heterocycles. The Kier molecular flexibility index (Phi) is 3.47. The summed E-state index contributed by atoms with van der Waals surface area (Å²) in [4.78, 5) is 13.5. The molecule has 16 heavy (non-hydrogen) atoms. The Hall–Kier alpha value is -0.650. The van der Waals surface area contributed by atoms with Gasteiger partial charge < -0.3 is 16.2 Å². The maximum Gasteiger partial charge on any atom is 0.221 e. The Balaban J connectivity index is 2.03. The second-order valence-corrected chi connectivity index (χ2v) is 5.02. The lowest BCUT2D eigenvalue weighted by atomic mass is 9.91. The number of amides is 1. The molecule has 0 aromatic heterocycles. The number of carbonyl (C=O) groups excluding carboxylic acids is 1. The number of nitrogens with zero attached hydrogens (tertiary/aromatic N) is 1. The summed E-state index contributed by atoms with van der Waals surface area (Å²) < 4.78 is 0. The fourth-order valence-electron chi connectivity index (χ4n) is 2.82. The maximum absolute atomic E-state index is 11.2. The Morgan fingerprint density at radius 2 is 2.19 bits per heavy atom. The first-order chi connectivity index (χ1) is 7.59. The van der Waals surface area contributed by atoms with Crippen molar-refractivity contribution in [3.8, 4) is 0 Å². The van der Waals surface area contributed by atoms with Crippen molar-refractivity contribution in [1.29, 1.82) is 0 Å². The molecule has 4 atom stereocenters. The van der Waals surface area contributed by atoms with E-state index in [0.29, 0.717) is 19.1 Å². The number of hydrogen-bond acceptors (Lipinski definition) is 4. The van der Waals surface area contributed by atoms with Crippen molar-refractivity contribution in [1.82, 2.24) is 10.2 Å². The number of aliphatic hydroxyl groups excluding tert-OH is 1. The molecule has 0 aromatic carbocycles. The number of rotatable bonds is 2. The van der Waals surface area contributed by atoms with Crippen LogP contribution in [-0.4, -0.2) is 53.7 Å². The van der Waals surface area contributed by atoms with Crippen molar-refractivity contribution in [2.24, 2.45) is 11.7 Å². The van der Waals surface area contributed by atoms with Crippen LogP contribution < -0.4 is 11.1 Å². The van der Waals surface area contributed by atoms with Crippen LogP contribution in [0.25, 0.3) is 0 Å². The molecular weight excluding hydrogens is 206 g/mol. The largest absolute Gasteiger partial charge is 0.390 e. The predicted molar refractivity (Wildman–Crippen MR) is 60.8 cm³/mol. The van der Waals surface area contributed by atoms with E-state index in [2.05, 4.69) is 17.1 Å². The van der Waals surface area contributed by atoms with Crippen molar-refractivity contribution in [3.63, 3.8) is 0 Å². The first-order valence-corrected chi connectivity index (χ1v) is 6.03. The third-order valence-electron chi connectivity index (χ3n) is 3.91. The van der Waals surface area contributed by atoms with Gasteiger partial charge in [0.25, 0.3) is 0 Å². The maximum atomic E-state index is 11.2. The molecule has 1 amide bonds. The van der Waals surface area contributed by atoms with Crippen LogP contribution in [-0.2, 0) is 4.79 Å². The molecule has 2 aliphatic rings. The highest BCUT2D eigenvalue weighted by molar-refractivity contribution is 5.77. The highest BCUT2D eigenvalue weighted by atomic mass is 16.3. The van der Waals surface area contributed by atoms with Gasteiger partial charge in [-0.1, -0.05) is 0 Å². The minimum atomic E-state index is -0.325. The van der Waals surface area contributed by atoms with Crippen LogP contribution in [0.1, 0.15) is 19.8 Å². The smallest absolute Gasteiger partial charge is 0.221 e. The molecule has 0 aromatic rings. The molecule has 2 heterocycles. The van der Waals surface area contributed by atoms with Gasteiger partial charge in [-0.3, -0.25) is 9.69 Å². The first kappa shape index (κ1) is 11.8. The third kappa shape index (κ3) is 2.21. The van der Waals surface area contributed by atoms with Crippen molar-refractivity contribution in [2.75, 3.05) is 19.6 Å². The van der Waals surface area contributed by atoms with E-state index in [1.807, 2.05) is 0 Å². The predicted octanol–water partition coefficient (Wildman–Crippen LogP) is -1.10. The molecule has 0 saturated carbocycles. The van der Waals surface area contributed by atoms with Gasteiger partial charge in [-0.15, -0.1) is 0 Å². The standard InChI is InChI=1S/C11H21N3O2/c1-7-2-3-8(11(12)16)6-14(7)9-4-13-5-10(9)15/h7-10,13,15H,2-6H2,1H3,(H2,12,16). The molecule has 2 aliphatic heterocycles. The van der Waals surface area contributed by atoms with E-state index in [-0.39, 0.29) is 24.0 Å². The summed E-state index contributed by atoms with van der Waals surface area (Å²) >= 11 is 0. The monoisotopic (exact) mass is 227 g/mol. The van der Waals surface area contributed by atoms with Crippen LogP contribution in [0.15, 0.2) is 0 Å². The van der Waals surface area contributed by atoms with Gasteiger partial charge in [0.05, 0.1) is 12.0 Å². The molecule has 92 valence electrons. The molecule has 4 N–H and O–H groups in total. The zero-order chi connectivity index (χ0) is 11.7. The van der Waals surface area contributed by atoms with E-state index in [0.717, 1.165) is 19.4 Å². The van der Waals surface area contributed by atoms with E-state index >= 15 is 0 Å². The summed E-state index contributed by atoms with van der Waals surface area (Å²) in [5, 5.41) is 13.0. The fourth-order valence-corrected chi connectivity index (χ4v) is 2.82. The van der Waals surface area contributed by atoms with Gasteiger partial charge in [0.2, 0.25) is 5.91 Å². The minimum Gasteiger partial charge on any atom is -0.390 e. The number of β-amino-alcohol motifs (C(OH)–C–C–N with tert-alkyl or cyclic N) is 1. The summed E-state index contributed by atoms with van der Waals surface area (Å²) in [6.45, 7) is 4.30. The van der Waals surface area contributed by atoms with Crippen LogP contribution in [0.2, 0.25) is 0 Å². The van der Waals surface area contributed by atoms with E-state index in [9.17, 15) is 9.90 Å². The second kappa shape index (κ2) is 4.69. The number of hydrogen-bond donors (Lipinski definition) is 3. The number of piperidine rings is 1. The Morgan fingerprint density at radius 3 is 2.75 bits per heavy atom. The number of carbonyl (C=O) groups is 1. The fraction of sp³-hybridized carbons (Fsp3) is 0.909. The van der Waals surface area contributed by atoms with Gasteiger partial charge in [-0.05, 0) is 19.8 Å². The summed E-state index contributed by atoms with van der Waals surface area (Å²) in [7, 11) is 0. The second-order valence-electron chi connectivity index (χ2n) is 5.02. The molecule has 2 fully saturated rings. The number of aliphatic hydroxyl groups is 1. The van der Waals surface area contributed by atoms with Gasteiger partial charge in [0.15, 0.2) is 0 Å². The SMILES string of the molecule is CC1CCC(C(N)=O)CN1C1CNCC1O. The highest BCUT2D eigenvalue weighted by Crippen LogP contribution is 2.25.